The summed E-state index contributed by atoms with van der Waals surface area (Å²) < 4.78 is 5.99. The van der Waals surface area contributed by atoms with Gasteiger partial charge in [0.05, 0.1) is 0 Å². The van der Waals surface area contributed by atoms with Crippen LogP contribution in [0, 0.1) is 0 Å². The van der Waals surface area contributed by atoms with Gasteiger partial charge in [-0.2, -0.15) is 0 Å². The molecule has 2 aromatic rings. The average molecular weight is 404 g/mol. The van der Waals surface area contributed by atoms with E-state index >= 15 is 0 Å². The van der Waals surface area contributed by atoms with E-state index in [1.54, 1.807) is 0 Å². The van der Waals surface area contributed by atoms with Crippen LogP contribution in [-0.4, -0.2) is 22.0 Å². The van der Waals surface area contributed by atoms with Crippen molar-refractivity contribution in [1.82, 2.24) is 10.3 Å². The molecular weight excluding hydrogens is 386 g/mol. The van der Waals surface area contributed by atoms with Crippen molar-refractivity contribution >= 4 is 40.3 Å². The summed E-state index contributed by atoms with van der Waals surface area (Å²) in [5.74, 6) is 0.155. The third kappa shape index (κ3) is 4.61. The number of para-hydroxylation sites is 1. The normalized spacial score (nSPS) is 16.0. The van der Waals surface area contributed by atoms with Crippen molar-refractivity contribution in [1.29, 1.82) is 0 Å². The first-order valence-corrected chi connectivity index (χ1v) is 9.49. The highest BCUT2D eigenvalue weighted by Gasteiger charge is 2.34. The number of benzene rings is 2. The molecule has 0 unspecified atom stereocenters. The maximum atomic E-state index is 12.0. The van der Waals surface area contributed by atoms with Gasteiger partial charge in [-0.3, -0.25) is 9.59 Å². The van der Waals surface area contributed by atoms with Crippen molar-refractivity contribution in [2.24, 2.45) is 5.10 Å². The molecule has 0 fully saturated rings. The molecule has 3 rings (SSSR count). The van der Waals surface area contributed by atoms with Crippen molar-refractivity contribution < 1.29 is 14.3 Å². The van der Waals surface area contributed by atoms with Crippen LogP contribution in [0.25, 0.3) is 0 Å². The van der Waals surface area contributed by atoms with Crippen LogP contribution in [0.5, 0.6) is 5.75 Å². The summed E-state index contributed by atoms with van der Waals surface area (Å²) in [7, 11) is 0. The number of ether oxygens (including phenoxy) is 1. The van der Waals surface area contributed by atoms with E-state index in [1.165, 1.54) is 30.6 Å². The van der Waals surface area contributed by atoms with Crippen molar-refractivity contribution in [3.63, 3.8) is 0 Å². The highest BCUT2D eigenvalue weighted by Crippen LogP contribution is 2.42. The Balaban J connectivity index is 1.83. The monoisotopic (exact) mass is 403 g/mol. The van der Waals surface area contributed by atoms with Gasteiger partial charge in [0.25, 0.3) is 0 Å². The number of thioether (sulfide) groups is 1. The summed E-state index contributed by atoms with van der Waals surface area (Å²) in [6, 6.07) is 14.9. The minimum absolute atomic E-state index is 0.228. The predicted molar refractivity (Wildman–Crippen MR) is 106 cm³/mol. The molecule has 27 heavy (non-hydrogen) atoms. The van der Waals surface area contributed by atoms with Crippen LogP contribution in [0.4, 0.5) is 0 Å². The minimum atomic E-state index is -0.424. The fourth-order valence-electron chi connectivity index (χ4n) is 2.55. The predicted octanol–water partition coefficient (Wildman–Crippen LogP) is 3.92. The molecule has 0 saturated carbocycles. The molecule has 0 spiro atoms. The van der Waals surface area contributed by atoms with Crippen LogP contribution in [0.15, 0.2) is 53.6 Å². The van der Waals surface area contributed by atoms with Gasteiger partial charge in [0.1, 0.15) is 17.7 Å². The lowest BCUT2D eigenvalue weighted by atomic mass is 10.2. The average Bonchev–Trinajstić information content (AvgIpc) is 3.04. The molecule has 0 bridgehead atoms. The second kappa shape index (κ2) is 8.45. The van der Waals surface area contributed by atoms with Gasteiger partial charge in [-0.25, -0.2) is 5.01 Å². The topological polar surface area (TPSA) is 71.0 Å². The number of amides is 2. The van der Waals surface area contributed by atoms with Gasteiger partial charge in [-0.1, -0.05) is 59.8 Å². The molecular formula is C19H18ClN3O3S. The fourth-order valence-corrected chi connectivity index (χ4v) is 3.91. The number of hydrazone groups is 1. The van der Waals surface area contributed by atoms with Crippen molar-refractivity contribution in [3.8, 4) is 5.75 Å². The van der Waals surface area contributed by atoms with E-state index in [9.17, 15) is 9.59 Å². The Morgan fingerprint density at radius 2 is 1.89 bits per heavy atom. The highest BCUT2D eigenvalue weighted by atomic mass is 35.5. The molecule has 0 aromatic heterocycles. The Morgan fingerprint density at radius 3 is 2.59 bits per heavy atom. The van der Waals surface area contributed by atoms with Crippen LogP contribution in [0.1, 0.15) is 30.3 Å². The molecule has 140 valence electrons. The van der Waals surface area contributed by atoms with E-state index in [-0.39, 0.29) is 11.8 Å². The molecule has 2 aromatic carbocycles. The number of nitrogens with one attached hydrogen (secondary N) is 1. The lowest BCUT2D eigenvalue weighted by molar-refractivity contribution is -0.129. The second-order valence-corrected chi connectivity index (χ2v) is 7.31. The van der Waals surface area contributed by atoms with E-state index in [2.05, 4.69) is 10.4 Å². The molecule has 1 aliphatic rings. The molecule has 2 amide bonds. The number of amidine groups is 1. The van der Waals surface area contributed by atoms with E-state index < -0.39 is 5.37 Å². The Bertz CT molecular complexity index is 903. The van der Waals surface area contributed by atoms with Crippen LogP contribution < -0.4 is 10.1 Å². The molecule has 0 radical (unpaired) electrons. The van der Waals surface area contributed by atoms with E-state index in [4.69, 9.17) is 16.3 Å². The Labute approximate surface area is 166 Å². The molecule has 1 heterocycles. The fraction of sp³-hybridized carbons (Fsp3) is 0.211. The van der Waals surface area contributed by atoms with Crippen LogP contribution >= 0.6 is 23.4 Å². The number of halogens is 1. The molecule has 1 aliphatic heterocycles. The van der Waals surface area contributed by atoms with E-state index in [0.717, 1.165) is 11.1 Å². The van der Waals surface area contributed by atoms with Crippen LogP contribution in [-0.2, 0) is 16.2 Å². The molecule has 0 saturated heterocycles. The van der Waals surface area contributed by atoms with Crippen LogP contribution in [0.3, 0.4) is 0 Å². The number of hydrogen-bond acceptors (Lipinski definition) is 5. The van der Waals surface area contributed by atoms with E-state index in [1.807, 2.05) is 48.5 Å². The zero-order valence-electron chi connectivity index (χ0n) is 14.8. The Kier molecular flexibility index (Phi) is 6.03. The smallest absolute Gasteiger partial charge is 0.241 e. The third-order valence-corrected chi connectivity index (χ3v) is 5.23. The summed E-state index contributed by atoms with van der Waals surface area (Å²) in [6.45, 7) is 3.13. The van der Waals surface area contributed by atoms with Crippen LogP contribution in [0.2, 0.25) is 5.02 Å². The van der Waals surface area contributed by atoms with Gasteiger partial charge in [0, 0.05) is 30.0 Å². The first-order valence-electron chi connectivity index (χ1n) is 8.23. The largest absolute Gasteiger partial charge is 0.488 e. The van der Waals surface area contributed by atoms with Crippen molar-refractivity contribution in [2.45, 2.75) is 25.8 Å². The number of carbonyl (C=O) groups is 2. The molecule has 1 N–H and O–H groups in total. The van der Waals surface area contributed by atoms with Gasteiger partial charge >= 0.3 is 0 Å². The lowest BCUT2D eigenvalue weighted by Crippen LogP contribution is -2.25. The lowest BCUT2D eigenvalue weighted by Gasteiger charge is -2.22. The summed E-state index contributed by atoms with van der Waals surface area (Å²) >= 11 is 7.48. The summed E-state index contributed by atoms with van der Waals surface area (Å²) in [4.78, 5) is 23.4. The van der Waals surface area contributed by atoms with Crippen molar-refractivity contribution in [2.75, 3.05) is 0 Å². The first kappa shape index (κ1) is 19.3. The number of carbonyl (C=O) groups excluding carboxylic acids is 2. The number of hydrogen-bond donors (Lipinski definition) is 1. The van der Waals surface area contributed by atoms with Gasteiger partial charge < -0.3 is 10.1 Å². The van der Waals surface area contributed by atoms with Gasteiger partial charge in [-0.05, 0) is 12.1 Å². The van der Waals surface area contributed by atoms with Gasteiger partial charge in [0.2, 0.25) is 11.8 Å². The summed E-state index contributed by atoms with van der Waals surface area (Å²) in [5.41, 5.74) is 1.65. The summed E-state index contributed by atoms with van der Waals surface area (Å²) in [5, 5.41) is 8.77. The maximum Gasteiger partial charge on any atom is 0.241 e. The zero-order valence-corrected chi connectivity index (χ0v) is 16.4. The van der Waals surface area contributed by atoms with Crippen molar-refractivity contribution in [3.05, 3.63) is 64.7 Å². The maximum absolute atomic E-state index is 12.0. The van der Waals surface area contributed by atoms with E-state index in [0.29, 0.717) is 22.5 Å². The zero-order chi connectivity index (χ0) is 19.4. The number of rotatable bonds is 4. The van der Waals surface area contributed by atoms with Gasteiger partial charge in [0.15, 0.2) is 5.17 Å². The molecule has 6 nitrogen and oxygen atoms in total. The standard InChI is InChI=1S/C19H18ClN3O3S/c1-12(24)21-19-22-23(13(2)25)18(27-19)15-8-4-6-10-17(15)26-11-14-7-3-5-9-16(14)20/h3-10,18H,11H2,1-2H3,(H,21,22,24)/t18-/m1/s1. The molecule has 1 atom stereocenters. The number of nitrogens with zero attached hydrogens (tertiary/aromatic N) is 2. The minimum Gasteiger partial charge on any atom is -0.488 e. The molecule has 8 heteroatoms. The van der Waals surface area contributed by atoms with Gasteiger partial charge in [-0.15, -0.1) is 5.10 Å². The highest BCUT2D eigenvalue weighted by molar-refractivity contribution is 8.14. The SMILES string of the molecule is CC(=O)NC1=NN(C(C)=O)[C@@H](c2ccccc2OCc2ccccc2Cl)S1. The Morgan fingerprint density at radius 1 is 1.19 bits per heavy atom. The molecule has 0 aliphatic carbocycles. The second-order valence-electron chi connectivity index (χ2n) is 5.84. The first-order chi connectivity index (χ1) is 13.0. The summed E-state index contributed by atoms with van der Waals surface area (Å²) in [6.07, 6.45) is 0. The quantitative estimate of drug-likeness (QED) is 0.839. The third-order valence-electron chi connectivity index (χ3n) is 3.78. The Hall–Kier alpha value is -2.51.